The van der Waals surface area contributed by atoms with Crippen LogP contribution in [0.1, 0.15) is 33.3 Å². The summed E-state index contributed by atoms with van der Waals surface area (Å²) in [6, 6.07) is 5.83. The topological polar surface area (TPSA) is 66.4 Å². The number of rotatable bonds is 5. The molecule has 1 heterocycles. The van der Waals surface area contributed by atoms with Crippen LogP contribution in [0.4, 0.5) is 5.69 Å². The highest BCUT2D eigenvalue weighted by Gasteiger charge is 2.52. The van der Waals surface area contributed by atoms with Crippen molar-refractivity contribution in [3.05, 3.63) is 36.0 Å². The molecular formula is C17H26BN3O2. The summed E-state index contributed by atoms with van der Waals surface area (Å²) in [6.45, 7) is 8.14. The van der Waals surface area contributed by atoms with Gasteiger partial charge in [0.2, 0.25) is 0 Å². The van der Waals surface area contributed by atoms with Gasteiger partial charge in [0.05, 0.1) is 16.9 Å². The van der Waals surface area contributed by atoms with Gasteiger partial charge < -0.3 is 25.4 Å². The third-order valence-corrected chi connectivity index (χ3v) is 4.56. The minimum atomic E-state index is -0.455. The highest BCUT2D eigenvalue weighted by Crippen LogP contribution is 2.37. The van der Waals surface area contributed by atoms with Gasteiger partial charge in [-0.05, 0) is 51.6 Å². The first kappa shape index (κ1) is 17.6. The number of allylic oxidation sites excluding steroid dienone is 1. The molecule has 0 radical (unpaired) electrons. The zero-order valence-electron chi connectivity index (χ0n) is 14.8. The molecule has 5 nitrogen and oxygen atoms in total. The Labute approximate surface area is 139 Å². The van der Waals surface area contributed by atoms with Gasteiger partial charge in [0.1, 0.15) is 0 Å². The van der Waals surface area contributed by atoms with Gasteiger partial charge in [0.15, 0.2) is 0 Å². The van der Waals surface area contributed by atoms with Crippen molar-refractivity contribution in [3.8, 4) is 0 Å². The summed E-state index contributed by atoms with van der Waals surface area (Å²) in [4.78, 5) is 0. The smallest absolute Gasteiger partial charge is 0.399 e. The Bertz CT molecular complexity index is 610. The molecule has 0 atom stereocenters. The summed E-state index contributed by atoms with van der Waals surface area (Å²) in [6.07, 6.45) is 3.46. The summed E-state index contributed by atoms with van der Waals surface area (Å²) in [7, 11) is 3.23. The van der Waals surface area contributed by atoms with Crippen LogP contribution in [-0.4, -0.2) is 38.1 Å². The molecule has 3 N–H and O–H groups in total. The maximum absolute atomic E-state index is 8.16. The van der Waals surface area contributed by atoms with E-state index >= 15 is 0 Å². The fourth-order valence-corrected chi connectivity index (χ4v) is 2.39. The van der Waals surface area contributed by atoms with Crippen molar-refractivity contribution in [2.75, 3.05) is 19.4 Å². The standard InChI is InChI=1S/C17H26BN3O2/c1-16(2)17(3,4)23-18(22-16)13-11-12(7-8-15(13)21-6)14(19)9-10-20-5/h7-11,19-21H,1-6H3/b10-9-,19-14?. The second-order valence-electron chi connectivity index (χ2n) is 6.68. The van der Waals surface area contributed by atoms with Gasteiger partial charge in [0.25, 0.3) is 0 Å². The van der Waals surface area contributed by atoms with E-state index < -0.39 is 18.3 Å². The van der Waals surface area contributed by atoms with Crippen LogP contribution in [0.3, 0.4) is 0 Å². The molecule has 1 aromatic rings. The zero-order valence-corrected chi connectivity index (χ0v) is 14.8. The van der Waals surface area contributed by atoms with Crippen molar-refractivity contribution in [2.45, 2.75) is 38.9 Å². The Kier molecular flexibility index (Phi) is 4.87. The van der Waals surface area contributed by atoms with Crippen LogP contribution >= 0.6 is 0 Å². The average molecular weight is 315 g/mol. The lowest BCUT2D eigenvalue weighted by atomic mass is 9.76. The van der Waals surface area contributed by atoms with E-state index in [1.165, 1.54) is 0 Å². The first-order valence-electron chi connectivity index (χ1n) is 7.82. The van der Waals surface area contributed by atoms with Crippen molar-refractivity contribution in [1.29, 1.82) is 5.41 Å². The van der Waals surface area contributed by atoms with E-state index in [-0.39, 0.29) is 0 Å². The van der Waals surface area contributed by atoms with Crippen LogP contribution < -0.4 is 16.1 Å². The van der Waals surface area contributed by atoms with Crippen LogP contribution in [0.2, 0.25) is 0 Å². The van der Waals surface area contributed by atoms with Gasteiger partial charge in [-0.1, -0.05) is 12.1 Å². The molecule has 0 unspecified atom stereocenters. The largest absolute Gasteiger partial charge is 0.496 e. The molecule has 2 rings (SSSR count). The SMILES string of the molecule is CN/C=C\C(=N)c1ccc(NC)c(B2OC(C)(C)C(C)(C)O2)c1. The van der Waals surface area contributed by atoms with Crippen molar-refractivity contribution >= 4 is 24.0 Å². The molecule has 1 aliphatic heterocycles. The highest BCUT2D eigenvalue weighted by atomic mass is 16.7. The summed E-state index contributed by atoms with van der Waals surface area (Å²) in [5.41, 5.74) is 2.32. The van der Waals surface area contributed by atoms with Crippen molar-refractivity contribution < 1.29 is 9.31 Å². The molecule has 1 aliphatic rings. The normalized spacial score (nSPS) is 19.1. The van der Waals surface area contributed by atoms with Gasteiger partial charge in [-0.3, -0.25) is 0 Å². The molecule has 0 saturated carbocycles. The molecular weight excluding hydrogens is 289 g/mol. The van der Waals surface area contributed by atoms with E-state index in [1.54, 1.807) is 12.3 Å². The lowest BCUT2D eigenvalue weighted by Gasteiger charge is -2.32. The average Bonchev–Trinajstić information content (AvgIpc) is 2.72. The van der Waals surface area contributed by atoms with Crippen LogP contribution in [0, 0.1) is 5.41 Å². The second kappa shape index (κ2) is 6.38. The highest BCUT2D eigenvalue weighted by molar-refractivity contribution is 6.64. The van der Waals surface area contributed by atoms with E-state index in [2.05, 4.69) is 10.6 Å². The number of anilines is 1. The minimum Gasteiger partial charge on any atom is -0.399 e. The summed E-state index contributed by atoms with van der Waals surface area (Å²) in [5, 5.41) is 14.2. The van der Waals surface area contributed by atoms with E-state index in [1.807, 2.05) is 60.0 Å². The maximum atomic E-state index is 8.16. The van der Waals surface area contributed by atoms with E-state index in [0.717, 1.165) is 16.7 Å². The Morgan fingerprint density at radius 3 is 2.26 bits per heavy atom. The Balaban J connectivity index is 2.38. The molecule has 1 aromatic carbocycles. The van der Waals surface area contributed by atoms with Gasteiger partial charge >= 0.3 is 7.12 Å². The summed E-state index contributed by atoms with van der Waals surface area (Å²) < 4.78 is 12.3. The van der Waals surface area contributed by atoms with E-state index in [4.69, 9.17) is 14.7 Å². The predicted molar refractivity (Wildman–Crippen MR) is 96.7 cm³/mol. The second-order valence-corrected chi connectivity index (χ2v) is 6.68. The Hall–Kier alpha value is -1.79. The van der Waals surface area contributed by atoms with Crippen LogP contribution in [0.15, 0.2) is 30.5 Å². The first-order chi connectivity index (χ1) is 10.7. The van der Waals surface area contributed by atoms with Crippen LogP contribution in [-0.2, 0) is 9.31 Å². The maximum Gasteiger partial charge on any atom is 0.496 e. The molecule has 0 aromatic heterocycles. The lowest BCUT2D eigenvalue weighted by Crippen LogP contribution is -2.41. The van der Waals surface area contributed by atoms with Gasteiger partial charge in [-0.15, -0.1) is 0 Å². The minimum absolute atomic E-state index is 0.391. The summed E-state index contributed by atoms with van der Waals surface area (Å²) in [5.74, 6) is 0. The predicted octanol–water partition coefficient (Wildman–Crippen LogP) is 2.13. The van der Waals surface area contributed by atoms with Crippen molar-refractivity contribution in [2.24, 2.45) is 0 Å². The molecule has 0 amide bonds. The molecule has 0 spiro atoms. The zero-order chi connectivity index (χ0) is 17.3. The third kappa shape index (κ3) is 3.43. The number of nitrogens with one attached hydrogen (secondary N) is 3. The molecule has 124 valence electrons. The lowest BCUT2D eigenvalue weighted by molar-refractivity contribution is 0.00578. The Morgan fingerprint density at radius 1 is 1.13 bits per heavy atom. The van der Waals surface area contributed by atoms with Crippen LogP contribution in [0.5, 0.6) is 0 Å². The van der Waals surface area contributed by atoms with Crippen molar-refractivity contribution in [3.63, 3.8) is 0 Å². The van der Waals surface area contributed by atoms with Gasteiger partial charge in [-0.25, -0.2) is 0 Å². The Morgan fingerprint density at radius 2 is 1.74 bits per heavy atom. The molecule has 1 fully saturated rings. The van der Waals surface area contributed by atoms with Crippen LogP contribution in [0.25, 0.3) is 0 Å². The molecule has 0 bridgehead atoms. The summed E-state index contributed by atoms with van der Waals surface area (Å²) >= 11 is 0. The van der Waals surface area contributed by atoms with E-state index in [0.29, 0.717) is 5.71 Å². The fourth-order valence-electron chi connectivity index (χ4n) is 2.39. The van der Waals surface area contributed by atoms with Crippen molar-refractivity contribution in [1.82, 2.24) is 5.32 Å². The fraction of sp³-hybridized carbons (Fsp3) is 0.471. The first-order valence-corrected chi connectivity index (χ1v) is 7.82. The van der Waals surface area contributed by atoms with E-state index in [9.17, 15) is 0 Å². The molecule has 0 aliphatic carbocycles. The molecule has 23 heavy (non-hydrogen) atoms. The number of benzene rings is 1. The molecule has 1 saturated heterocycles. The number of hydrogen-bond acceptors (Lipinski definition) is 5. The third-order valence-electron chi connectivity index (χ3n) is 4.56. The molecule has 6 heteroatoms. The monoisotopic (exact) mass is 315 g/mol. The quantitative estimate of drug-likeness (QED) is 0.575. The van der Waals surface area contributed by atoms with Gasteiger partial charge in [0, 0.05) is 25.2 Å². The van der Waals surface area contributed by atoms with Gasteiger partial charge in [-0.2, -0.15) is 0 Å². The number of hydrogen-bond donors (Lipinski definition) is 3.